The number of rotatable bonds is 9. The van der Waals surface area contributed by atoms with Crippen molar-refractivity contribution in [3.8, 4) is 5.75 Å². The van der Waals surface area contributed by atoms with E-state index >= 15 is 0 Å². The molecule has 0 spiro atoms. The van der Waals surface area contributed by atoms with Gasteiger partial charge in [-0.3, -0.25) is 19.7 Å². The van der Waals surface area contributed by atoms with Crippen molar-refractivity contribution in [1.29, 1.82) is 0 Å². The monoisotopic (exact) mass is 494 g/mol. The van der Waals surface area contributed by atoms with Crippen LogP contribution in [0, 0.1) is 0 Å². The van der Waals surface area contributed by atoms with Crippen molar-refractivity contribution in [1.82, 2.24) is 14.9 Å². The smallest absolute Gasteiger partial charge is 0.327 e. The molecule has 4 amide bonds. The molecule has 2 heterocycles. The number of hydrogen-bond acceptors (Lipinski definition) is 6. The Hall–Kier alpha value is -3.59. The molecule has 0 bridgehead atoms. The Labute approximate surface area is 211 Å². The second-order valence-corrected chi connectivity index (χ2v) is 9.93. The van der Waals surface area contributed by atoms with Crippen LogP contribution < -0.4 is 9.64 Å². The van der Waals surface area contributed by atoms with Crippen LogP contribution in [0.25, 0.3) is 0 Å². The summed E-state index contributed by atoms with van der Waals surface area (Å²) in [5.74, 6) is 0.763. The van der Waals surface area contributed by atoms with Gasteiger partial charge in [0.1, 0.15) is 23.9 Å². The van der Waals surface area contributed by atoms with Gasteiger partial charge in [0.25, 0.3) is 5.91 Å². The number of likely N-dealkylation sites (N-methyl/N-ethyl adjacent to an activating group) is 1. The highest BCUT2D eigenvalue weighted by Gasteiger charge is 2.50. The number of carbonyl (C=O) groups is 3. The molecule has 0 radical (unpaired) electrons. The van der Waals surface area contributed by atoms with Gasteiger partial charge >= 0.3 is 6.03 Å². The van der Waals surface area contributed by atoms with Crippen molar-refractivity contribution in [2.24, 2.45) is 0 Å². The van der Waals surface area contributed by atoms with E-state index in [1.54, 1.807) is 20.9 Å². The van der Waals surface area contributed by atoms with Crippen molar-refractivity contribution < 1.29 is 24.3 Å². The molecule has 4 rings (SSSR count). The zero-order chi connectivity index (χ0) is 25.9. The number of hydrogen-bond donors (Lipinski definition) is 1. The van der Waals surface area contributed by atoms with Gasteiger partial charge < -0.3 is 14.5 Å². The summed E-state index contributed by atoms with van der Waals surface area (Å²) in [4.78, 5) is 41.2. The molecular formula is C27H34N4O5. The first-order valence-corrected chi connectivity index (χ1v) is 12.3. The fourth-order valence-electron chi connectivity index (χ4n) is 4.79. The minimum atomic E-state index is -0.991. The highest BCUT2D eigenvalue weighted by molar-refractivity contribution is 6.06. The molecule has 192 valence electrons. The first kappa shape index (κ1) is 25.5. The van der Waals surface area contributed by atoms with Gasteiger partial charge in [0.05, 0.1) is 6.54 Å². The average Bonchev–Trinajstić information content (AvgIpc) is 3.05. The Morgan fingerprint density at radius 3 is 2.28 bits per heavy atom. The van der Waals surface area contributed by atoms with Crippen molar-refractivity contribution in [3.05, 3.63) is 60.2 Å². The van der Waals surface area contributed by atoms with E-state index in [4.69, 9.17) is 4.74 Å². The van der Waals surface area contributed by atoms with Gasteiger partial charge in [-0.15, -0.1) is 0 Å². The third-order valence-corrected chi connectivity index (χ3v) is 7.41. The molecule has 1 N–H and O–H groups in total. The number of amides is 4. The van der Waals surface area contributed by atoms with Gasteiger partial charge in [0, 0.05) is 25.8 Å². The second kappa shape index (κ2) is 10.6. The molecule has 2 saturated heterocycles. The van der Waals surface area contributed by atoms with Gasteiger partial charge in [-0.2, -0.15) is 0 Å². The minimum absolute atomic E-state index is 0.0851. The van der Waals surface area contributed by atoms with Crippen LogP contribution in [-0.2, 0) is 9.59 Å². The van der Waals surface area contributed by atoms with E-state index in [0.717, 1.165) is 36.5 Å². The predicted octanol–water partition coefficient (Wildman–Crippen LogP) is 3.34. The molecule has 2 aromatic rings. The maximum atomic E-state index is 12.7. The predicted molar refractivity (Wildman–Crippen MR) is 135 cm³/mol. The van der Waals surface area contributed by atoms with E-state index in [1.165, 1.54) is 10.5 Å². The van der Waals surface area contributed by atoms with Gasteiger partial charge in [-0.05, 0) is 62.4 Å². The van der Waals surface area contributed by atoms with Crippen LogP contribution in [0.5, 0.6) is 5.75 Å². The molecule has 2 aliphatic rings. The first-order chi connectivity index (χ1) is 17.2. The van der Waals surface area contributed by atoms with Crippen LogP contribution in [0.15, 0.2) is 54.6 Å². The van der Waals surface area contributed by atoms with E-state index in [0.29, 0.717) is 16.7 Å². The third kappa shape index (κ3) is 5.16. The van der Waals surface area contributed by atoms with E-state index in [9.17, 15) is 19.6 Å². The number of piperidine rings is 1. The molecular weight excluding hydrogens is 460 g/mol. The summed E-state index contributed by atoms with van der Waals surface area (Å²) >= 11 is 0. The Kier molecular flexibility index (Phi) is 7.49. The largest absolute Gasteiger partial charge is 0.491 e. The van der Waals surface area contributed by atoms with Crippen LogP contribution in [0.1, 0.15) is 38.2 Å². The quantitative estimate of drug-likeness (QED) is 0.249. The fraction of sp³-hybridized carbons (Fsp3) is 0.444. The summed E-state index contributed by atoms with van der Waals surface area (Å²) in [6.07, 6.45) is 2.44. The molecule has 0 aliphatic carbocycles. The SMILES string of the molecule is CN1C(=O)N(CC(COc2ccc(N3CCC(c4ccccc4)CC3)cc2)N(O)C=O)C(=O)C1(C)C. The number of nitrogens with zero attached hydrogens (tertiary/aromatic N) is 4. The third-order valence-electron chi connectivity index (χ3n) is 7.41. The molecule has 2 fully saturated rings. The molecule has 0 aromatic heterocycles. The topological polar surface area (TPSA) is 93.6 Å². The highest BCUT2D eigenvalue weighted by atomic mass is 16.5. The lowest BCUT2D eigenvalue weighted by Crippen LogP contribution is -2.48. The first-order valence-electron chi connectivity index (χ1n) is 12.3. The van der Waals surface area contributed by atoms with Crippen molar-refractivity contribution in [2.75, 3.05) is 38.2 Å². The fourth-order valence-corrected chi connectivity index (χ4v) is 4.79. The molecule has 2 aromatic carbocycles. The summed E-state index contributed by atoms with van der Waals surface area (Å²) < 4.78 is 5.83. The van der Waals surface area contributed by atoms with E-state index in [2.05, 4.69) is 29.2 Å². The van der Waals surface area contributed by atoms with Crippen LogP contribution >= 0.6 is 0 Å². The molecule has 9 nitrogen and oxygen atoms in total. The summed E-state index contributed by atoms with van der Waals surface area (Å²) in [5, 5.41) is 10.5. The van der Waals surface area contributed by atoms with Gasteiger partial charge in [0.2, 0.25) is 6.41 Å². The van der Waals surface area contributed by atoms with E-state index in [-0.39, 0.29) is 25.5 Å². The van der Waals surface area contributed by atoms with Crippen molar-refractivity contribution in [2.45, 2.75) is 44.2 Å². The van der Waals surface area contributed by atoms with Crippen LogP contribution in [0.4, 0.5) is 10.5 Å². The lowest BCUT2D eigenvalue weighted by atomic mass is 9.89. The molecule has 1 atom stereocenters. The summed E-state index contributed by atoms with van der Waals surface area (Å²) in [6, 6.07) is 16.9. The van der Waals surface area contributed by atoms with E-state index in [1.807, 2.05) is 30.3 Å². The maximum Gasteiger partial charge on any atom is 0.327 e. The van der Waals surface area contributed by atoms with Gasteiger partial charge in [-0.25, -0.2) is 9.86 Å². The summed E-state index contributed by atoms with van der Waals surface area (Å²) in [7, 11) is 1.55. The normalized spacial score (nSPS) is 18.9. The number of hydroxylamine groups is 2. The second-order valence-electron chi connectivity index (χ2n) is 9.93. The Morgan fingerprint density at radius 1 is 1.08 bits per heavy atom. The molecule has 36 heavy (non-hydrogen) atoms. The number of carbonyl (C=O) groups excluding carboxylic acids is 3. The van der Waals surface area contributed by atoms with Gasteiger partial charge in [-0.1, -0.05) is 30.3 Å². The standard InChI is InChI=1S/C27H34N4O5/c1-27(2)25(33)30(26(34)28(27)3)17-23(31(35)19-32)18-36-24-11-9-22(10-12-24)29-15-13-21(14-16-29)20-7-5-4-6-8-20/h4-12,19,21,23,35H,13-18H2,1-3H3. The average molecular weight is 495 g/mol. The Balaban J connectivity index is 1.33. The molecule has 1 unspecified atom stereocenters. The van der Waals surface area contributed by atoms with Crippen LogP contribution in [-0.4, -0.2) is 83.3 Å². The van der Waals surface area contributed by atoms with Crippen molar-refractivity contribution >= 4 is 24.0 Å². The highest BCUT2D eigenvalue weighted by Crippen LogP contribution is 2.31. The lowest BCUT2D eigenvalue weighted by Gasteiger charge is -2.34. The summed E-state index contributed by atoms with van der Waals surface area (Å²) in [5.41, 5.74) is 1.52. The molecule has 9 heteroatoms. The summed E-state index contributed by atoms with van der Waals surface area (Å²) in [6.45, 7) is 5.00. The lowest BCUT2D eigenvalue weighted by molar-refractivity contribution is -0.165. The number of urea groups is 1. The van der Waals surface area contributed by atoms with E-state index < -0.39 is 17.6 Å². The minimum Gasteiger partial charge on any atom is -0.491 e. The number of benzene rings is 2. The molecule has 0 saturated carbocycles. The van der Waals surface area contributed by atoms with Crippen molar-refractivity contribution in [3.63, 3.8) is 0 Å². The zero-order valence-electron chi connectivity index (χ0n) is 21.0. The van der Waals surface area contributed by atoms with Crippen LogP contribution in [0.2, 0.25) is 0 Å². The number of imide groups is 1. The Morgan fingerprint density at radius 2 is 1.72 bits per heavy atom. The Bertz CT molecular complexity index is 1070. The van der Waals surface area contributed by atoms with Crippen LogP contribution in [0.3, 0.4) is 0 Å². The number of ether oxygens (including phenoxy) is 1. The molecule has 2 aliphatic heterocycles. The maximum absolute atomic E-state index is 12.7. The zero-order valence-corrected chi connectivity index (χ0v) is 21.0. The number of anilines is 1. The van der Waals surface area contributed by atoms with Gasteiger partial charge in [0.15, 0.2) is 0 Å².